The fraction of sp³-hybridized carbons (Fsp3) is 0.524. The molecular weight excluding hydrogens is 354 g/mol. The highest BCUT2D eigenvalue weighted by Crippen LogP contribution is 2.18. The standard InChI is InChI=1S/C21H31N5S/c1-3-22-21(24-14-17(2)13-19-7-6-12-27-19)25-16-18-8-9-20(23-15-18)26-10-4-5-11-26/h6-9,12,15,17H,3-5,10-11,13-14,16H2,1-2H3,(H2,22,24,25). The number of rotatable bonds is 8. The van der Waals surface area contributed by atoms with Crippen molar-refractivity contribution in [3.05, 3.63) is 46.3 Å². The molecule has 0 spiro atoms. The van der Waals surface area contributed by atoms with E-state index in [0.717, 1.165) is 49.9 Å². The molecule has 3 rings (SSSR count). The number of nitrogens with zero attached hydrogens (tertiary/aromatic N) is 3. The van der Waals surface area contributed by atoms with Crippen LogP contribution in [0.4, 0.5) is 5.82 Å². The van der Waals surface area contributed by atoms with Gasteiger partial charge >= 0.3 is 0 Å². The summed E-state index contributed by atoms with van der Waals surface area (Å²) in [5, 5.41) is 8.95. The molecule has 0 bridgehead atoms. The van der Waals surface area contributed by atoms with Crippen molar-refractivity contribution in [1.82, 2.24) is 15.6 Å². The Morgan fingerprint density at radius 1 is 1.26 bits per heavy atom. The van der Waals surface area contributed by atoms with E-state index in [2.05, 4.69) is 64.0 Å². The predicted molar refractivity (Wildman–Crippen MR) is 116 cm³/mol. The third kappa shape index (κ3) is 6.24. The average molecular weight is 386 g/mol. The molecule has 5 nitrogen and oxygen atoms in total. The molecule has 1 atom stereocenters. The number of hydrogen-bond acceptors (Lipinski definition) is 4. The molecule has 3 heterocycles. The largest absolute Gasteiger partial charge is 0.357 e. The zero-order chi connectivity index (χ0) is 18.9. The third-order valence-corrected chi connectivity index (χ3v) is 5.65. The SMILES string of the molecule is CCNC(=NCc1ccc(N2CCCC2)nc1)NCC(C)Cc1cccs1. The Hall–Kier alpha value is -2.08. The van der Waals surface area contributed by atoms with Crippen LogP contribution in [-0.2, 0) is 13.0 Å². The predicted octanol–water partition coefficient (Wildman–Crippen LogP) is 3.68. The number of thiophene rings is 1. The number of aromatic nitrogens is 1. The van der Waals surface area contributed by atoms with Gasteiger partial charge in [0, 0.05) is 37.3 Å². The third-order valence-electron chi connectivity index (χ3n) is 4.75. The summed E-state index contributed by atoms with van der Waals surface area (Å²) >= 11 is 1.83. The molecule has 2 aromatic rings. The minimum Gasteiger partial charge on any atom is -0.357 e. The maximum absolute atomic E-state index is 4.72. The van der Waals surface area contributed by atoms with Gasteiger partial charge in [0.1, 0.15) is 5.82 Å². The van der Waals surface area contributed by atoms with Gasteiger partial charge in [-0.2, -0.15) is 0 Å². The maximum atomic E-state index is 4.72. The molecule has 2 N–H and O–H groups in total. The van der Waals surface area contributed by atoms with Gasteiger partial charge in [0.15, 0.2) is 5.96 Å². The molecule has 146 valence electrons. The van der Waals surface area contributed by atoms with Crippen molar-refractivity contribution in [3.63, 3.8) is 0 Å². The van der Waals surface area contributed by atoms with Gasteiger partial charge in [-0.25, -0.2) is 9.98 Å². The van der Waals surface area contributed by atoms with Gasteiger partial charge in [-0.3, -0.25) is 0 Å². The Morgan fingerprint density at radius 3 is 2.78 bits per heavy atom. The summed E-state index contributed by atoms with van der Waals surface area (Å²) < 4.78 is 0. The van der Waals surface area contributed by atoms with Gasteiger partial charge < -0.3 is 15.5 Å². The van der Waals surface area contributed by atoms with Crippen LogP contribution < -0.4 is 15.5 Å². The lowest BCUT2D eigenvalue weighted by atomic mass is 10.1. The van der Waals surface area contributed by atoms with E-state index in [4.69, 9.17) is 4.99 Å². The smallest absolute Gasteiger partial charge is 0.191 e. The Balaban J connectivity index is 1.50. The van der Waals surface area contributed by atoms with Gasteiger partial charge in [0.25, 0.3) is 0 Å². The summed E-state index contributed by atoms with van der Waals surface area (Å²) in [5.41, 5.74) is 1.14. The zero-order valence-electron chi connectivity index (χ0n) is 16.4. The summed E-state index contributed by atoms with van der Waals surface area (Å²) in [6.07, 6.45) is 5.61. The lowest BCUT2D eigenvalue weighted by molar-refractivity contribution is 0.562. The maximum Gasteiger partial charge on any atom is 0.191 e. The van der Waals surface area contributed by atoms with E-state index in [1.807, 2.05) is 17.5 Å². The second-order valence-electron chi connectivity index (χ2n) is 7.18. The monoisotopic (exact) mass is 385 g/mol. The van der Waals surface area contributed by atoms with Crippen LogP contribution in [0.2, 0.25) is 0 Å². The number of guanidine groups is 1. The molecule has 2 aromatic heterocycles. The van der Waals surface area contributed by atoms with Gasteiger partial charge in [-0.1, -0.05) is 19.1 Å². The van der Waals surface area contributed by atoms with Crippen molar-refractivity contribution in [2.75, 3.05) is 31.1 Å². The molecule has 0 aliphatic carbocycles. The van der Waals surface area contributed by atoms with Crippen molar-refractivity contribution >= 4 is 23.1 Å². The highest BCUT2D eigenvalue weighted by Gasteiger charge is 2.13. The molecule has 0 radical (unpaired) electrons. The van der Waals surface area contributed by atoms with E-state index >= 15 is 0 Å². The number of hydrogen-bond donors (Lipinski definition) is 2. The average Bonchev–Trinajstić information content (AvgIpc) is 3.38. The molecule has 1 aliphatic heterocycles. The first-order valence-electron chi connectivity index (χ1n) is 9.99. The normalized spacial score (nSPS) is 15.8. The quantitative estimate of drug-likeness (QED) is 0.538. The van der Waals surface area contributed by atoms with Crippen LogP contribution >= 0.6 is 11.3 Å². The van der Waals surface area contributed by atoms with Crippen LogP contribution in [-0.4, -0.2) is 37.1 Å². The second kappa shape index (κ2) is 10.3. The Bertz CT molecular complexity index is 690. The molecule has 0 saturated carbocycles. The minimum absolute atomic E-state index is 0.564. The van der Waals surface area contributed by atoms with E-state index in [1.165, 1.54) is 17.7 Å². The molecule has 0 aromatic carbocycles. The molecule has 1 fully saturated rings. The van der Waals surface area contributed by atoms with Crippen LogP contribution in [0, 0.1) is 5.92 Å². The Kier molecular flexibility index (Phi) is 7.51. The second-order valence-corrected chi connectivity index (χ2v) is 8.22. The van der Waals surface area contributed by atoms with Crippen LogP contribution in [0.25, 0.3) is 0 Å². The molecule has 1 unspecified atom stereocenters. The first-order valence-corrected chi connectivity index (χ1v) is 10.9. The lowest BCUT2D eigenvalue weighted by Crippen LogP contribution is -2.39. The molecule has 1 aliphatic rings. The molecule has 27 heavy (non-hydrogen) atoms. The van der Waals surface area contributed by atoms with Gasteiger partial charge in [-0.15, -0.1) is 11.3 Å². The number of anilines is 1. The molecule has 1 saturated heterocycles. The number of aliphatic imine (C=N–C) groups is 1. The van der Waals surface area contributed by atoms with Crippen molar-refractivity contribution in [2.45, 2.75) is 39.7 Å². The minimum atomic E-state index is 0.564. The number of pyridine rings is 1. The van der Waals surface area contributed by atoms with Gasteiger partial charge in [-0.05, 0) is 55.2 Å². The first-order chi connectivity index (χ1) is 13.2. The number of nitrogens with one attached hydrogen (secondary N) is 2. The highest BCUT2D eigenvalue weighted by atomic mass is 32.1. The van der Waals surface area contributed by atoms with E-state index in [1.54, 1.807) is 0 Å². The first kappa shape index (κ1) is 19.7. The van der Waals surface area contributed by atoms with E-state index in [0.29, 0.717) is 12.5 Å². The fourth-order valence-electron chi connectivity index (χ4n) is 3.27. The van der Waals surface area contributed by atoms with Gasteiger partial charge in [0.05, 0.1) is 6.54 Å². The topological polar surface area (TPSA) is 52.6 Å². The summed E-state index contributed by atoms with van der Waals surface area (Å²) in [7, 11) is 0. The summed E-state index contributed by atoms with van der Waals surface area (Å²) in [5.74, 6) is 2.53. The summed E-state index contributed by atoms with van der Waals surface area (Å²) in [6, 6.07) is 8.60. The molecular formula is C21H31N5S. The van der Waals surface area contributed by atoms with E-state index in [9.17, 15) is 0 Å². The lowest BCUT2D eigenvalue weighted by Gasteiger charge is -2.16. The van der Waals surface area contributed by atoms with E-state index in [-0.39, 0.29) is 0 Å². The van der Waals surface area contributed by atoms with Crippen LogP contribution in [0.15, 0.2) is 40.8 Å². The van der Waals surface area contributed by atoms with Crippen molar-refractivity contribution in [2.24, 2.45) is 10.9 Å². The van der Waals surface area contributed by atoms with Crippen LogP contribution in [0.3, 0.4) is 0 Å². The van der Waals surface area contributed by atoms with Crippen LogP contribution in [0.5, 0.6) is 0 Å². The Labute approximate surface area is 166 Å². The van der Waals surface area contributed by atoms with Crippen molar-refractivity contribution in [1.29, 1.82) is 0 Å². The fourth-order valence-corrected chi connectivity index (χ4v) is 4.14. The molecule has 0 amide bonds. The van der Waals surface area contributed by atoms with Crippen molar-refractivity contribution < 1.29 is 0 Å². The zero-order valence-corrected chi connectivity index (χ0v) is 17.3. The summed E-state index contributed by atoms with van der Waals surface area (Å²) in [4.78, 5) is 13.1. The van der Waals surface area contributed by atoms with Gasteiger partial charge in [0.2, 0.25) is 0 Å². The highest BCUT2D eigenvalue weighted by molar-refractivity contribution is 7.09. The van der Waals surface area contributed by atoms with Crippen molar-refractivity contribution in [3.8, 4) is 0 Å². The molecule has 6 heteroatoms. The Morgan fingerprint density at radius 2 is 2.11 bits per heavy atom. The van der Waals surface area contributed by atoms with E-state index < -0.39 is 0 Å². The van der Waals surface area contributed by atoms with Crippen LogP contribution in [0.1, 0.15) is 37.1 Å². The summed E-state index contributed by atoms with van der Waals surface area (Å²) in [6.45, 7) is 9.04.